The minimum absolute atomic E-state index is 0.108. The lowest BCUT2D eigenvalue weighted by Crippen LogP contribution is -2.37. The molecule has 30 heavy (non-hydrogen) atoms. The monoisotopic (exact) mass is 426 g/mol. The maximum atomic E-state index is 12.8. The summed E-state index contributed by atoms with van der Waals surface area (Å²) >= 11 is 1.58. The molecule has 0 spiro atoms. The first-order chi connectivity index (χ1) is 14.6. The van der Waals surface area contributed by atoms with Crippen molar-refractivity contribution in [3.8, 4) is 0 Å². The molecule has 3 rings (SSSR count). The van der Waals surface area contributed by atoms with E-state index in [9.17, 15) is 14.4 Å². The maximum absolute atomic E-state index is 12.8. The number of ether oxygens (including phenoxy) is 1. The van der Waals surface area contributed by atoms with Crippen LogP contribution in [0, 0.1) is 5.92 Å². The quantitative estimate of drug-likeness (QED) is 0.566. The van der Waals surface area contributed by atoms with Crippen molar-refractivity contribution in [2.75, 3.05) is 6.54 Å². The fraction of sp³-hybridized carbons (Fsp3) is 0.348. The van der Waals surface area contributed by atoms with E-state index >= 15 is 0 Å². The Hall–Kier alpha value is -2.93. The molecule has 158 valence electrons. The first kappa shape index (κ1) is 21.8. The summed E-state index contributed by atoms with van der Waals surface area (Å²) in [5.74, 6) is -1.15. The Kier molecular flexibility index (Phi) is 8.20. The molecular formula is C23H26N2O4S. The van der Waals surface area contributed by atoms with E-state index in [4.69, 9.17) is 4.74 Å². The summed E-state index contributed by atoms with van der Waals surface area (Å²) in [5.41, 5.74) is 0.823. The number of benzene rings is 1. The van der Waals surface area contributed by atoms with E-state index in [1.54, 1.807) is 11.3 Å². The summed E-state index contributed by atoms with van der Waals surface area (Å²) < 4.78 is 5.59. The third-order valence-corrected chi connectivity index (χ3v) is 5.73. The van der Waals surface area contributed by atoms with Crippen LogP contribution in [-0.4, -0.2) is 24.3 Å². The highest BCUT2D eigenvalue weighted by Crippen LogP contribution is 2.19. The van der Waals surface area contributed by atoms with Gasteiger partial charge in [0, 0.05) is 17.7 Å². The van der Waals surface area contributed by atoms with Crippen LogP contribution in [0.1, 0.15) is 42.2 Å². The van der Waals surface area contributed by atoms with Crippen LogP contribution in [0.3, 0.4) is 0 Å². The number of cyclic esters (lactones) is 1. The molecule has 0 radical (unpaired) electrons. The van der Waals surface area contributed by atoms with E-state index in [0.29, 0.717) is 19.4 Å². The van der Waals surface area contributed by atoms with Crippen LogP contribution in [0.15, 0.2) is 60.0 Å². The predicted octanol–water partition coefficient (Wildman–Crippen LogP) is 3.51. The lowest BCUT2D eigenvalue weighted by atomic mass is 9.98. The van der Waals surface area contributed by atoms with Gasteiger partial charge < -0.3 is 15.4 Å². The summed E-state index contributed by atoms with van der Waals surface area (Å²) in [4.78, 5) is 38.4. The second-order valence-corrected chi connectivity index (χ2v) is 8.17. The number of amides is 2. The number of carbonyl (C=O) groups excluding carboxylic acids is 3. The van der Waals surface area contributed by atoms with Crippen molar-refractivity contribution in [1.29, 1.82) is 0 Å². The largest absolute Gasteiger partial charge is 0.456 e. The van der Waals surface area contributed by atoms with E-state index < -0.39 is 12.0 Å². The highest BCUT2D eigenvalue weighted by molar-refractivity contribution is 7.09. The molecule has 0 aliphatic carbocycles. The minimum Gasteiger partial charge on any atom is -0.456 e. The molecule has 0 unspecified atom stereocenters. The molecular weight excluding hydrogens is 400 g/mol. The van der Waals surface area contributed by atoms with Crippen molar-refractivity contribution < 1.29 is 19.1 Å². The van der Waals surface area contributed by atoms with Crippen molar-refractivity contribution >= 4 is 29.1 Å². The highest BCUT2D eigenvalue weighted by atomic mass is 32.1. The van der Waals surface area contributed by atoms with Crippen molar-refractivity contribution in [2.45, 2.75) is 38.3 Å². The molecule has 0 saturated carbocycles. The Bertz CT molecular complexity index is 865. The number of rotatable bonds is 5. The van der Waals surface area contributed by atoms with Gasteiger partial charge in [-0.15, -0.1) is 11.3 Å². The van der Waals surface area contributed by atoms with Gasteiger partial charge in [-0.2, -0.15) is 0 Å². The first-order valence-corrected chi connectivity index (χ1v) is 11.0. The summed E-state index contributed by atoms with van der Waals surface area (Å²) in [6.07, 6.45) is 4.55. The van der Waals surface area contributed by atoms with Crippen LogP contribution in [0.5, 0.6) is 0 Å². The fourth-order valence-electron chi connectivity index (χ4n) is 3.21. The van der Waals surface area contributed by atoms with Crippen LogP contribution in [0.25, 0.3) is 0 Å². The average Bonchev–Trinajstić information content (AvgIpc) is 3.27. The lowest BCUT2D eigenvalue weighted by Gasteiger charge is -2.21. The van der Waals surface area contributed by atoms with Gasteiger partial charge >= 0.3 is 5.97 Å². The molecule has 2 N–H and O–H groups in total. The maximum Gasteiger partial charge on any atom is 0.306 e. The highest BCUT2D eigenvalue weighted by Gasteiger charge is 2.24. The average molecular weight is 427 g/mol. The van der Waals surface area contributed by atoms with Gasteiger partial charge in [0.25, 0.3) is 0 Å². The zero-order chi connectivity index (χ0) is 21.2. The minimum atomic E-state index is -0.556. The number of allylic oxidation sites excluding steroid dienone is 2. The van der Waals surface area contributed by atoms with E-state index in [0.717, 1.165) is 10.4 Å². The lowest BCUT2D eigenvalue weighted by molar-refractivity contribution is -0.150. The third-order valence-electron chi connectivity index (χ3n) is 4.85. The molecule has 2 atom stereocenters. The Balaban J connectivity index is 1.64. The molecule has 6 nitrogen and oxygen atoms in total. The van der Waals surface area contributed by atoms with Gasteiger partial charge in [0.1, 0.15) is 6.10 Å². The van der Waals surface area contributed by atoms with Crippen LogP contribution in [0.2, 0.25) is 0 Å². The standard InChI is InChI=1S/C23H26N2O4S/c26-21(24-15-19-11-7-13-30-19)14-18-10-5-2-6-12-22(27)29-20(16-25-23(18)28)17-8-3-1-4-9-17/h1-5,7-9,11,13,18,20H,6,10,12,14-16H2,(H,24,26)(H,25,28)/b5-2+/t18-,20+/m0/s1. The Labute approximate surface area is 180 Å². The Morgan fingerprint density at radius 3 is 2.73 bits per heavy atom. The van der Waals surface area contributed by atoms with Gasteiger partial charge in [0.15, 0.2) is 0 Å². The van der Waals surface area contributed by atoms with E-state index in [2.05, 4.69) is 10.6 Å². The Morgan fingerprint density at radius 1 is 1.13 bits per heavy atom. The van der Waals surface area contributed by atoms with Crippen molar-refractivity contribution in [3.63, 3.8) is 0 Å². The number of nitrogens with one attached hydrogen (secondary N) is 2. The summed E-state index contributed by atoms with van der Waals surface area (Å²) in [6, 6.07) is 13.2. The summed E-state index contributed by atoms with van der Waals surface area (Å²) in [6.45, 7) is 0.637. The number of esters is 1. The first-order valence-electron chi connectivity index (χ1n) is 10.1. The van der Waals surface area contributed by atoms with Crippen LogP contribution in [0.4, 0.5) is 0 Å². The number of hydrogen-bond donors (Lipinski definition) is 2. The van der Waals surface area contributed by atoms with Crippen molar-refractivity contribution in [2.24, 2.45) is 5.92 Å². The molecule has 0 bridgehead atoms. The van der Waals surface area contributed by atoms with E-state index in [1.807, 2.05) is 60.0 Å². The molecule has 0 saturated heterocycles. The van der Waals surface area contributed by atoms with Gasteiger partial charge in [-0.25, -0.2) is 0 Å². The third kappa shape index (κ3) is 6.84. The molecule has 1 aromatic carbocycles. The van der Waals surface area contributed by atoms with Crippen LogP contribution in [-0.2, 0) is 25.7 Å². The van der Waals surface area contributed by atoms with Crippen LogP contribution < -0.4 is 10.6 Å². The molecule has 2 heterocycles. The topological polar surface area (TPSA) is 84.5 Å². The van der Waals surface area contributed by atoms with Crippen molar-refractivity contribution in [3.05, 3.63) is 70.4 Å². The van der Waals surface area contributed by atoms with Crippen LogP contribution >= 0.6 is 11.3 Å². The zero-order valence-electron chi connectivity index (χ0n) is 16.7. The number of carbonyl (C=O) groups is 3. The summed E-state index contributed by atoms with van der Waals surface area (Å²) in [7, 11) is 0. The zero-order valence-corrected chi connectivity index (χ0v) is 17.5. The fourth-order valence-corrected chi connectivity index (χ4v) is 3.85. The SMILES string of the molecule is O=C(C[C@@H]1C/C=C/CCC(=O)O[C@@H](c2ccccc2)CNC1=O)NCc1cccs1. The van der Waals surface area contributed by atoms with Crippen molar-refractivity contribution in [1.82, 2.24) is 10.6 Å². The smallest absolute Gasteiger partial charge is 0.306 e. The molecule has 7 heteroatoms. The molecule has 1 aliphatic heterocycles. The predicted molar refractivity (Wildman–Crippen MR) is 116 cm³/mol. The molecule has 2 amide bonds. The van der Waals surface area contributed by atoms with Gasteiger partial charge in [-0.1, -0.05) is 48.6 Å². The number of thiophene rings is 1. The molecule has 2 aromatic rings. The molecule has 1 aliphatic rings. The van der Waals surface area contributed by atoms with Gasteiger partial charge in [0.05, 0.1) is 19.0 Å². The second kappa shape index (κ2) is 11.3. The molecule has 1 aromatic heterocycles. The van der Waals surface area contributed by atoms with E-state index in [1.165, 1.54) is 0 Å². The van der Waals surface area contributed by atoms with E-state index in [-0.39, 0.29) is 37.2 Å². The van der Waals surface area contributed by atoms with Gasteiger partial charge in [0.2, 0.25) is 11.8 Å². The Morgan fingerprint density at radius 2 is 1.97 bits per heavy atom. The van der Waals surface area contributed by atoms with Gasteiger partial charge in [-0.3, -0.25) is 14.4 Å². The summed E-state index contributed by atoms with van der Waals surface area (Å²) in [5, 5.41) is 7.71. The second-order valence-electron chi connectivity index (χ2n) is 7.14. The normalized spacial score (nSPS) is 21.5. The molecule has 0 fully saturated rings. The number of hydrogen-bond acceptors (Lipinski definition) is 5. The van der Waals surface area contributed by atoms with Gasteiger partial charge in [-0.05, 0) is 29.9 Å².